The Labute approximate surface area is 207 Å². The Kier molecular flexibility index (Phi) is 8.22. The normalized spacial score (nSPS) is 12.8. The second-order valence-corrected chi connectivity index (χ2v) is 10.8. The molecule has 0 saturated heterocycles. The van der Waals surface area contributed by atoms with E-state index in [9.17, 15) is 25.9 Å². The molecule has 0 fully saturated rings. The van der Waals surface area contributed by atoms with Crippen molar-refractivity contribution in [3.05, 3.63) is 83.4 Å². The first kappa shape index (κ1) is 26.7. The molecule has 0 aliphatic carbocycles. The summed E-state index contributed by atoms with van der Waals surface area (Å²) in [4.78, 5) is 1.26. The van der Waals surface area contributed by atoms with E-state index < -0.39 is 35.9 Å². The number of nitrogens with one attached hydrogen (secondary N) is 1. The smallest absolute Gasteiger partial charge is 0.294 e. The van der Waals surface area contributed by atoms with Crippen molar-refractivity contribution in [1.29, 1.82) is 0 Å². The summed E-state index contributed by atoms with van der Waals surface area (Å²) in [7, 11) is -9.32. The van der Waals surface area contributed by atoms with E-state index >= 15 is 0 Å². The summed E-state index contributed by atoms with van der Waals surface area (Å²) in [6.07, 6.45) is 0. The first-order chi connectivity index (χ1) is 16.5. The largest absolute Gasteiger partial charge is 0.385 e. The topological polar surface area (TPSA) is 124 Å². The predicted octanol–water partition coefficient (Wildman–Crippen LogP) is 4.64. The van der Waals surface area contributed by atoms with Gasteiger partial charge in [0.1, 0.15) is 0 Å². The lowest BCUT2D eigenvalue weighted by Crippen LogP contribution is -2.21. The SMILES string of the molecule is CCNc1ccc(C(c2ccc(N(CC)CC)cc2)c2cc(S(=O)(=O)O)ccc2S(=O)(=O)O)cc1. The van der Waals surface area contributed by atoms with Crippen LogP contribution in [-0.2, 0) is 20.2 Å². The van der Waals surface area contributed by atoms with Crippen LogP contribution < -0.4 is 10.2 Å². The van der Waals surface area contributed by atoms with E-state index in [0.717, 1.165) is 49.2 Å². The molecule has 10 heteroatoms. The molecule has 0 spiro atoms. The summed E-state index contributed by atoms with van der Waals surface area (Å²) >= 11 is 0. The zero-order valence-electron chi connectivity index (χ0n) is 19.8. The van der Waals surface area contributed by atoms with Crippen molar-refractivity contribution >= 4 is 31.6 Å². The minimum atomic E-state index is -4.70. The van der Waals surface area contributed by atoms with Crippen LogP contribution in [0.3, 0.4) is 0 Å². The van der Waals surface area contributed by atoms with Gasteiger partial charge in [-0.1, -0.05) is 24.3 Å². The molecule has 0 aliphatic heterocycles. The van der Waals surface area contributed by atoms with Gasteiger partial charge >= 0.3 is 0 Å². The molecule has 0 aromatic heterocycles. The first-order valence-electron chi connectivity index (χ1n) is 11.3. The van der Waals surface area contributed by atoms with E-state index in [1.807, 2.05) is 69.3 Å². The highest BCUT2D eigenvalue weighted by Crippen LogP contribution is 2.38. The van der Waals surface area contributed by atoms with Gasteiger partial charge < -0.3 is 10.2 Å². The summed E-state index contributed by atoms with van der Waals surface area (Å²) < 4.78 is 67.9. The predicted molar refractivity (Wildman–Crippen MR) is 138 cm³/mol. The third kappa shape index (κ3) is 6.21. The molecule has 3 N–H and O–H groups in total. The summed E-state index contributed by atoms with van der Waals surface area (Å²) in [6, 6.07) is 17.9. The van der Waals surface area contributed by atoms with Gasteiger partial charge in [-0.25, -0.2) is 0 Å². The van der Waals surface area contributed by atoms with Crippen LogP contribution in [0.4, 0.5) is 11.4 Å². The van der Waals surface area contributed by atoms with Crippen LogP contribution in [0.15, 0.2) is 76.5 Å². The fraction of sp³-hybridized carbons (Fsp3) is 0.280. The average molecular weight is 519 g/mol. The lowest BCUT2D eigenvalue weighted by molar-refractivity contribution is 0.477. The maximum atomic E-state index is 12.3. The van der Waals surface area contributed by atoms with Gasteiger partial charge in [0.2, 0.25) is 0 Å². The lowest BCUT2D eigenvalue weighted by atomic mass is 9.85. The zero-order chi connectivity index (χ0) is 25.8. The van der Waals surface area contributed by atoms with E-state index in [1.54, 1.807) is 0 Å². The molecule has 0 aliphatic rings. The third-order valence-corrected chi connectivity index (χ3v) is 7.63. The summed E-state index contributed by atoms with van der Waals surface area (Å²) in [5.74, 6) is -0.741. The third-order valence-electron chi connectivity index (χ3n) is 5.85. The van der Waals surface area contributed by atoms with E-state index in [-0.39, 0.29) is 5.56 Å². The summed E-state index contributed by atoms with van der Waals surface area (Å²) in [5, 5.41) is 3.20. The second kappa shape index (κ2) is 10.8. The van der Waals surface area contributed by atoms with Crippen LogP contribution in [-0.4, -0.2) is 45.6 Å². The van der Waals surface area contributed by atoms with Crippen LogP contribution in [0, 0.1) is 0 Å². The molecule has 0 amide bonds. The zero-order valence-corrected chi connectivity index (χ0v) is 21.5. The fourth-order valence-electron chi connectivity index (χ4n) is 4.16. The van der Waals surface area contributed by atoms with Gasteiger partial charge in [-0.15, -0.1) is 0 Å². The van der Waals surface area contributed by atoms with Gasteiger partial charge in [0.05, 0.1) is 9.79 Å². The van der Waals surface area contributed by atoms with Crippen LogP contribution in [0.5, 0.6) is 0 Å². The molecule has 1 atom stereocenters. The molecule has 35 heavy (non-hydrogen) atoms. The minimum Gasteiger partial charge on any atom is -0.385 e. The minimum absolute atomic E-state index is 0.0365. The van der Waals surface area contributed by atoms with Crippen molar-refractivity contribution in [1.82, 2.24) is 0 Å². The maximum Gasteiger partial charge on any atom is 0.294 e. The molecule has 0 bridgehead atoms. The van der Waals surface area contributed by atoms with Gasteiger partial charge in [0.25, 0.3) is 20.2 Å². The van der Waals surface area contributed by atoms with E-state index in [0.29, 0.717) is 11.1 Å². The van der Waals surface area contributed by atoms with Crippen LogP contribution in [0.25, 0.3) is 0 Å². The number of anilines is 2. The molecule has 0 heterocycles. The lowest BCUT2D eigenvalue weighted by Gasteiger charge is -2.24. The number of hydrogen-bond donors (Lipinski definition) is 3. The fourth-order valence-corrected chi connectivity index (χ4v) is 5.39. The quantitative estimate of drug-likeness (QED) is 0.262. The molecule has 8 nitrogen and oxygen atoms in total. The highest BCUT2D eigenvalue weighted by Gasteiger charge is 2.27. The van der Waals surface area contributed by atoms with E-state index in [4.69, 9.17) is 0 Å². The highest BCUT2D eigenvalue weighted by molar-refractivity contribution is 7.86. The van der Waals surface area contributed by atoms with Crippen molar-refractivity contribution in [2.75, 3.05) is 29.9 Å². The Hall–Kier alpha value is -2.92. The van der Waals surface area contributed by atoms with E-state index in [1.165, 1.54) is 0 Å². The van der Waals surface area contributed by atoms with Gasteiger partial charge in [0, 0.05) is 36.9 Å². The van der Waals surface area contributed by atoms with Crippen LogP contribution in [0.2, 0.25) is 0 Å². The average Bonchev–Trinajstić information content (AvgIpc) is 2.81. The van der Waals surface area contributed by atoms with Crippen LogP contribution >= 0.6 is 0 Å². The monoisotopic (exact) mass is 518 g/mol. The molecule has 1 unspecified atom stereocenters. The molecule has 188 valence electrons. The maximum absolute atomic E-state index is 12.3. The van der Waals surface area contributed by atoms with Gasteiger partial charge in [-0.3, -0.25) is 9.11 Å². The number of benzene rings is 3. The van der Waals surface area contributed by atoms with Crippen molar-refractivity contribution in [3.63, 3.8) is 0 Å². The van der Waals surface area contributed by atoms with Crippen molar-refractivity contribution in [2.45, 2.75) is 36.5 Å². The Bertz CT molecular complexity index is 1370. The van der Waals surface area contributed by atoms with Crippen molar-refractivity contribution in [2.24, 2.45) is 0 Å². The highest BCUT2D eigenvalue weighted by atomic mass is 32.2. The molecule has 0 radical (unpaired) electrons. The Morgan fingerprint density at radius 3 is 1.77 bits per heavy atom. The Morgan fingerprint density at radius 1 is 0.771 bits per heavy atom. The Balaban J connectivity index is 2.28. The molecule has 3 aromatic rings. The second-order valence-electron chi connectivity index (χ2n) is 8.00. The molecular weight excluding hydrogens is 488 g/mol. The van der Waals surface area contributed by atoms with Crippen molar-refractivity contribution in [3.8, 4) is 0 Å². The summed E-state index contributed by atoms with van der Waals surface area (Å²) in [6.45, 7) is 8.41. The van der Waals surface area contributed by atoms with Gasteiger partial charge in [-0.05, 0) is 79.9 Å². The van der Waals surface area contributed by atoms with Gasteiger partial charge in [-0.2, -0.15) is 16.8 Å². The first-order valence-corrected chi connectivity index (χ1v) is 14.1. The standard InChI is InChI=1S/C25H30N2O6S2/c1-4-26-20-11-7-18(8-12-20)25(19-9-13-21(14-10-19)27(5-2)6-3)23-17-22(34(28,29)30)15-16-24(23)35(31,32)33/h7-17,25-26H,4-6H2,1-3H3,(H,28,29,30)(H,31,32,33). The Morgan fingerprint density at radius 2 is 1.31 bits per heavy atom. The molecule has 3 aromatic carbocycles. The van der Waals surface area contributed by atoms with Crippen molar-refractivity contribution < 1.29 is 25.9 Å². The number of rotatable bonds is 10. The van der Waals surface area contributed by atoms with Crippen LogP contribution in [0.1, 0.15) is 43.4 Å². The molecular formula is C25H30N2O6S2. The number of nitrogens with zero attached hydrogens (tertiary/aromatic N) is 1. The number of hydrogen-bond acceptors (Lipinski definition) is 6. The van der Waals surface area contributed by atoms with E-state index in [2.05, 4.69) is 10.2 Å². The molecule has 0 saturated carbocycles. The van der Waals surface area contributed by atoms with Gasteiger partial charge in [0.15, 0.2) is 0 Å². The molecule has 3 rings (SSSR count). The summed E-state index contributed by atoms with van der Waals surface area (Å²) in [5.41, 5.74) is 3.26.